The number of rotatable bonds is 6. The van der Waals surface area contributed by atoms with Crippen LogP contribution < -0.4 is 5.32 Å². The van der Waals surface area contributed by atoms with E-state index < -0.39 is 15.8 Å². The summed E-state index contributed by atoms with van der Waals surface area (Å²) in [4.78, 5) is 33.8. The van der Waals surface area contributed by atoms with E-state index in [0.29, 0.717) is 11.1 Å². The van der Waals surface area contributed by atoms with Gasteiger partial charge in [-0.15, -0.1) is 0 Å². The molecule has 0 spiro atoms. The maximum Gasteiger partial charge on any atom is 0.271 e. The van der Waals surface area contributed by atoms with Gasteiger partial charge in [-0.25, -0.2) is 0 Å². The Morgan fingerprint density at radius 3 is 2.07 bits per heavy atom. The Labute approximate surface area is 165 Å². The zero-order valence-electron chi connectivity index (χ0n) is 15.0. The highest BCUT2D eigenvalue weighted by atomic mass is 16.6. The van der Waals surface area contributed by atoms with Crippen LogP contribution in [0.5, 0.6) is 0 Å². The Kier molecular flexibility index (Phi) is 5.74. The minimum Gasteiger partial charge on any atom is -0.322 e. The van der Waals surface area contributed by atoms with Crippen molar-refractivity contribution in [3.8, 4) is 0 Å². The average molecular weight is 389 g/mol. The molecule has 3 aromatic rings. The number of non-ortho nitro benzene ring substituents is 2. The van der Waals surface area contributed by atoms with Gasteiger partial charge >= 0.3 is 0 Å². The van der Waals surface area contributed by atoms with Gasteiger partial charge in [-0.1, -0.05) is 48.5 Å². The molecule has 0 saturated carbocycles. The summed E-state index contributed by atoms with van der Waals surface area (Å²) in [6.45, 7) is 0. The van der Waals surface area contributed by atoms with Gasteiger partial charge in [-0.05, 0) is 23.3 Å². The molecule has 1 amide bonds. The molecule has 0 atom stereocenters. The summed E-state index contributed by atoms with van der Waals surface area (Å²) >= 11 is 0. The molecule has 8 nitrogen and oxygen atoms in total. The predicted molar refractivity (Wildman–Crippen MR) is 109 cm³/mol. The van der Waals surface area contributed by atoms with E-state index in [2.05, 4.69) is 5.32 Å². The fourth-order valence-corrected chi connectivity index (χ4v) is 2.69. The highest BCUT2D eigenvalue weighted by Gasteiger charge is 2.15. The standard InChI is InChI=1S/C21H15N3O5/c25-21(22-17-9-5-11-19(14-17)24(28)29)20(16-7-2-1-3-8-16)13-15-6-4-10-18(12-15)23(26)27/h1-14H,(H,22,25)/b20-13+. The van der Waals surface area contributed by atoms with Crippen molar-refractivity contribution in [3.63, 3.8) is 0 Å². The quantitative estimate of drug-likeness (QED) is 0.284. The number of carbonyl (C=O) groups is 1. The van der Waals surface area contributed by atoms with E-state index in [1.165, 1.54) is 42.5 Å². The van der Waals surface area contributed by atoms with Crippen molar-refractivity contribution in [2.75, 3.05) is 5.32 Å². The van der Waals surface area contributed by atoms with Crippen molar-refractivity contribution < 1.29 is 14.6 Å². The van der Waals surface area contributed by atoms with Gasteiger partial charge in [-0.2, -0.15) is 0 Å². The van der Waals surface area contributed by atoms with E-state index in [1.54, 1.807) is 42.5 Å². The Hall–Kier alpha value is -4.33. The third kappa shape index (κ3) is 4.89. The Balaban J connectivity index is 1.99. The van der Waals surface area contributed by atoms with Crippen molar-refractivity contribution in [2.45, 2.75) is 0 Å². The van der Waals surface area contributed by atoms with E-state index in [9.17, 15) is 25.0 Å². The summed E-state index contributed by atoms with van der Waals surface area (Å²) in [5.41, 5.74) is 1.37. The van der Waals surface area contributed by atoms with Crippen molar-refractivity contribution in [1.82, 2.24) is 0 Å². The van der Waals surface area contributed by atoms with Gasteiger partial charge in [0, 0.05) is 35.5 Å². The number of hydrogen-bond donors (Lipinski definition) is 1. The van der Waals surface area contributed by atoms with Gasteiger partial charge in [0.05, 0.1) is 9.85 Å². The van der Waals surface area contributed by atoms with Crippen LogP contribution in [0.4, 0.5) is 17.1 Å². The number of nitro benzene ring substituents is 2. The third-order valence-corrected chi connectivity index (χ3v) is 4.04. The first kappa shape index (κ1) is 19.4. The molecule has 0 heterocycles. The molecule has 3 aromatic carbocycles. The lowest BCUT2D eigenvalue weighted by atomic mass is 10.0. The first-order valence-corrected chi connectivity index (χ1v) is 8.51. The van der Waals surface area contributed by atoms with Crippen molar-refractivity contribution in [1.29, 1.82) is 0 Å². The fourth-order valence-electron chi connectivity index (χ4n) is 2.69. The predicted octanol–water partition coefficient (Wildman–Crippen LogP) is 4.68. The number of nitro groups is 2. The molecule has 29 heavy (non-hydrogen) atoms. The van der Waals surface area contributed by atoms with Crippen LogP contribution in [0.2, 0.25) is 0 Å². The lowest BCUT2D eigenvalue weighted by Crippen LogP contribution is -2.13. The number of amides is 1. The van der Waals surface area contributed by atoms with E-state index in [-0.39, 0.29) is 22.6 Å². The SMILES string of the molecule is O=C(Nc1cccc([N+](=O)[O-])c1)/C(=C/c1cccc([N+](=O)[O-])c1)c1ccccc1. The summed E-state index contributed by atoms with van der Waals surface area (Å²) < 4.78 is 0. The molecule has 0 unspecified atom stereocenters. The zero-order chi connectivity index (χ0) is 20.8. The second-order valence-corrected chi connectivity index (χ2v) is 6.04. The number of benzene rings is 3. The number of hydrogen-bond acceptors (Lipinski definition) is 5. The van der Waals surface area contributed by atoms with E-state index in [4.69, 9.17) is 0 Å². The van der Waals surface area contributed by atoms with E-state index in [1.807, 2.05) is 0 Å². The van der Waals surface area contributed by atoms with Crippen LogP contribution in [-0.4, -0.2) is 15.8 Å². The molecule has 0 bridgehead atoms. The van der Waals surface area contributed by atoms with Gasteiger partial charge in [0.15, 0.2) is 0 Å². The number of carbonyl (C=O) groups excluding carboxylic acids is 1. The molecule has 8 heteroatoms. The third-order valence-electron chi connectivity index (χ3n) is 4.04. The molecule has 0 aliphatic carbocycles. The molecule has 0 aliphatic rings. The van der Waals surface area contributed by atoms with Gasteiger partial charge in [-0.3, -0.25) is 25.0 Å². The van der Waals surface area contributed by atoms with Crippen LogP contribution in [0.1, 0.15) is 11.1 Å². The Bertz CT molecular complexity index is 1110. The van der Waals surface area contributed by atoms with Crippen LogP contribution in [0.25, 0.3) is 11.6 Å². The van der Waals surface area contributed by atoms with Gasteiger partial charge in [0.2, 0.25) is 0 Å². The number of anilines is 1. The average Bonchev–Trinajstić information content (AvgIpc) is 2.73. The molecule has 0 aromatic heterocycles. The maximum absolute atomic E-state index is 12.9. The van der Waals surface area contributed by atoms with E-state index >= 15 is 0 Å². The maximum atomic E-state index is 12.9. The van der Waals surface area contributed by atoms with Crippen LogP contribution in [0, 0.1) is 20.2 Å². The Morgan fingerprint density at radius 2 is 1.41 bits per heavy atom. The summed E-state index contributed by atoms with van der Waals surface area (Å²) in [6.07, 6.45) is 1.54. The molecule has 0 saturated heterocycles. The first-order chi connectivity index (χ1) is 13.9. The lowest BCUT2D eigenvalue weighted by molar-refractivity contribution is -0.385. The van der Waals surface area contributed by atoms with Crippen molar-refractivity contribution in [3.05, 3.63) is 110 Å². The van der Waals surface area contributed by atoms with Crippen LogP contribution >= 0.6 is 0 Å². The highest BCUT2D eigenvalue weighted by Crippen LogP contribution is 2.24. The second kappa shape index (κ2) is 8.57. The summed E-state index contributed by atoms with van der Waals surface area (Å²) in [5, 5.41) is 24.6. The summed E-state index contributed by atoms with van der Waals surface area (Å²) in [5.74, 6) is -0.497. The molecule has 1 N–H and O–H groups in total. The largest absolute Gasteiger partial charge is 0.322 e. The molecule has 0 radical (unpaired) electrons. The normalized spacial score (nSPS) is 11.0. The molecule has 144 valence electrons. The minimum atomic E-state index is -0.549. The number of nitrogens with one attached hydrogen (secondary N) is 1. The van der Waals surface area contributed by atoms with Crippen LogP contribution in [-0.2, 0) is 4.79 Å². The zero-order valence-corrected chi connectivity index (χ0v) is 15.0. The van der Waals surface area contributed by atoms with Crippen LogP contribution in [0.3, 0.4) is 0 Å². The summed E-state index contributed by atoms with van der Waals surface area (Å²) in [6, 6.07) is 20.3. The van der Waals surface area contributed by atoms with Gasteiger partial charge in [0.25, 0.3) is 17.3 Å². The van der Waals surface area contributed by atoms with Crippen molar-refractivity contribution in [2.24, 2.45) is 0 Å². The molecule has 3 rings (SSSR count). The van der Waals surface area contributed by atoms with Crippen LogP contribution in [0.15, 0.2) is 78.9 Å². The summed E-state index contributed by atoms with van der Waals surface area (Å²) in [7, 11) is 0. The smallest absolute Gasteiger partial charge is 0.271 e. The first-order valence-electron chi connectivity index (χ1n) is 8.51. The van der Waals surface area contributed by atoms with Gasteiger partial charge in [0.1, 0.15) is 0 Å². The van der Waals surface area contributed by atoms with Crippen molar-refractivity contribution >= 4 is 34.6 Å². The highest BCUT2D eigenvalue weighted by molar-refractivity contribution is 6.29. The topological polar surface area (TPSA) is 115 Å². The Morgan fingerprint density at radius 1 is 0.793 bits per heavy atom. The number of nitrogens with zero attached hydrogens (tertiary/aromatic N) is 2. The molecule has 0 aliphatic heterocycles. The van der Waals surface area contributed by atoms with Gasteiger partial charge < -0.3 is 5.32 Å². The monoisotopic (exact) mass is 389 g/mol. The molecule has 0 fully saturated rings. The second-order valence-electron chi connectivity index (χ2n) is 6.04. The minimum absolute atomic E-state index is 0.0924. The molecular weight excluding hydrogens is 374 g/mol. The lowest BCUT2D eigenvalue weighted by Gasteiger charge is -2.10. The molecular formula is C21H15N3O5. The van der Waals surface area contributed by atoms with E-state index in [0.717, 1.165) is 0 Å². The fraction of sp³-hybridized carbons (Fsp3) is 0.